The third-order valence-corrected chi connectivity index (χ3v) is 5.03. The molecule has 1 aromatic heterocycles. The van der Waals surface area contributed by atoms with E-state index in [1.165, 1.54) is 18.4 Å². The van der Waals surface area contributed by atoms with Gasteiger partial charge in [-0.15, -0.1) is 0 Å². The van der Waals surface area contributed by atoms with Crippen LogP contribution in [0, 0.1) is 0 Å². The zero-order valence-electron chi connectivity index (χ0n) is 17.1. The average molecular weight is 442 g/mol. The lowest BCUT2D eigenvalue weighted by molar-refractivity contribution is -0.142. The van der Waals surface area contributed by atoms with E-state index in [1.807, 2.05) is 6.07 Å². The van der Waals surface area contributed by atoms with E-state index in [0.717, 1.165) is 4.70 Å². The molecule has 0 saturated heterocycles. The maximum absolute atomic E-state index is 12.4. The molecule has 2 aromatic carbocycles. The molecule has 1 heterocycles. The summed E-state index contributed by atoms with van der Waals surface area (Å²) in [6.07, 6.45) is 0.0862. The Labute approximate surface area is 182 Å². The van der Waals surface area contributed by atoms with Crippen LogP contribution in [0.15, 0.2) is 42.5 Å². The number of hydrogen-bond donors (Lipinski definition) is 3. The molecular formula is C21H22N4O5S. The van der Waals surface area contributed by atoms with Gasteiger partial charge < -0.3 is 20.1 Å². The number of nitrogens with zero attached hydrogens (tertiary/aromatic N) is 1. The number of carbonyl (C=O) groups is 3. The van der Waals surface area contributed by atoms with Crippen LogP contribution in [0.2, 0.25) is 0 Å². The Kier molecular flexibility index (Phi) is 7.39. The van der Waals surface area contributed by atoms with Crippen LogP contribution < -0.4 is 20.7 Å². The summed E-state index contributed by atoms with van der Waals surface area (Å²) in [7, 11) is 1.50. The number of amides is 3. The van der Waals surface area contributed by atoms with E-state index in [1.54, 1.807) is 43.3 Å². The first-order valence-corrected chi connectivity index (χ1v) is 10.4. The molecule has 3 rings (SSSR count). The second kappa shape index (κ2) is 10.4. The topological polar surface area (TPSA) is 119 Å². The Bertz CT molecular complexity index is 1080. The molecule has 0 saturated carbocycles. The number of hydrogen-bond acceptors (Lipinski definition) is 7. The molecule has 0 spiro atoms. The fraction of sp³-hybridized carbons (Fsp3) is 0.238. The molecule has 3 N–H and O–H groups in total. The molecule has 3 amide bonds. The zero-order chi connectivity index (χ0) is 22.2. The highest BCUT2D eigenvalue weighted by Gasteiger charge is 2.15. The standard InChI is InChI=1S/C21H22N4O5S/c1-3-30-17(26)9-10-22-20(28)23-14-11-15(29-2)18-16(12-14)31-21(24-18)25-19(27)13-7-5-4-6-8-13/h4-8,11-12H,3,9-10H2,1-2H3,(H2,22,23,28)(H,24,25,27). The summed E-state index contributed by atoms with van der Waals surface area (Å²) in [6, 6.07) is 11.7. The molecule has 10 heteroatoms. The molecule has 0 unspecified atom stereocenters. The van der Waals surface area contributed by atoms with Crippen molar-refractivity contribution in [1.29, 1.82) is 0 Å². The van der Waals surface area contributed by atoms with Crippen LogP contribution in [0.5, 0.6) is 5.75 Å². The second-order valence-electron chi connectivity index (χ2n) is 6.30. The van der Waals surface area contributed by atoms with Gasteiger partial charge in [-0.25, -0.2) is 9.78 Å². The minimum absolute atomic E-state index is 0.0862. The second-order valence-corrected chi connectivity index (χ2v) is 7.33. The summed E-state index contributed by atoms with van der Waals surface area (Å²) in [6.45, 7) is 2.17. The van der Waals surface area contributed by atoms with Crippen molar-refractivity contribution in [1.82, 2.24) is 10.3 Å². The molecule has 3 aromatic rings. The van der Waals surface area contributed by atoms with E-state index in [0.29, 0.717) is 34.3 Å². The van der Waals surface area contributed by atoms with Gasteiger partial charge >= 0.3 is 12.0 Å². The van der Waals surface area contributed by atoms with Crippen LogP contribution in [0.1, 0.15) is 23.7 Å². The summed E-state index contributed by atoms with van der Waals surface area (Å²) in [4.78, 5) is 40.3. The van der Waals surface area contributed by atoms with Crippen molar-refractivity contribution in [2.24, 2.45) is 0 Å². The fourth-order valence-corrected chi connectivity index (χ4v) is 3.64. The highest BCUT2D eigenvalue weighted by Crippen LogP contribution is 2.35. The SMILES string of the molecule is CCOC(=O)CCNC(=O)Nc1cc(OC)c2nc(NC(=O)c3ccccc3)sc2c1. The highest BCUT2D eigenvalue weighted by atomic mass is 32.1. The molecule has 0 fully saturated rings. The molecule has 162 valence electrons. The average Bonchev–Trinajstić information content (AvgIpc) is 3.16. The van der Waals surface area contributed by atoms with E-state index < -0.39 is 6.03 Å². The molecule has 31 heavy (non-hydrogen) atoms. The van der Waals surface area contributed by atoms with Crippen molar-refractivity contribution < 1.29 is 23.9 Å². The predicted molar refractivity (Wildman–Crippen MR) is 119 cm³/mol. The van der Waals surface area contributed by atoms with Gasteiger partial charge in [-0.3, -0.25) is 14.9 Å². The third kappa shape index (κ3) is 5.92. The van der Waals surface area contributed by atoms with Crippen molar-refractivity contribution in [3.8, 4) is 5.75 Å². The van der Waals surface area contributed by atoms with E-state index in [2.05, 4.69) is 20.9 Å². The first kappa shape index (κ1) is 22.0. The number of benzene rings is 2. The number of ether oxygens (including phenoxy) is 2. The first-order chi connectivity index (χ1) is 15.0. The van der Waals surface area contributed by atoms with Gasteiger partial charge in [0.05, 0.1) is 24.8 Å². The van der Waals surface area contributed by atoms with Crippen molar-refractivity contribution >= 4 is 50.3 Å². The lowest BCUT2D eigenvalue weighted by Crippen LogP contribution is -2.30. The van der Waals surface area contributed by atoms with Crippen molar-refractivity contribution in [3.63, 3.8) is 0 Å². The van der Waals surface area contributed by atoms with Crippen LogP contribution in [0.25, 0.3) is 10.2 Å². The van der Waals surface area contributed by atoms with Crippen LogP contribution in [0.4, 0.5) is 15.6 Å². The Morgan fingerprint density at radius 3 is 2.58 bits per heavy atom. The Morgan fingerprint density at radius 1 is 1.10 bits per heavy atom. The summed E-state index contributed by atoms with van der Waals surface area (Å²) in [5, 5.41) is 8.49. The van der Waals surface area contributed by atoms with E-state index in [-0.39, 0.29) is 24.8 Å². The lowest BCUT2D eigenvalue weighted by Gasteiger charge is -2.09. The van der Waals surface area contributed by atoms with Gasteiger partial charge in [-0.05, 0) is 25.1 Å². The van der Waals surface area contributed by atoms with Gasteiger partial charge in [0.2, 0.25) is 0 Å². The monoisotopic (exact) mass is 442 g/mol. The molecule has 0 atom stereocenters. The number of urea groups is 1. The van der Waals surface area contributed by atoms with E-state index in [9.17, 15) is 14.4 Å². The van der Waals surface area contributed by atoms with Gasteiger partial charge in [0.1, 0.15) is 11.3 Å². The summed E-state index contributed by atoms with van der Waals surface area (Å²) in [5.41, 5.74) is 1.59. The summed E-state index contributed by atoms with van der Waals surface area (Å²) >= 11 is 1.26. The number of aromatic nitrogens is 1. The van der Waals surface area contributed by atoms with Crippen LogP contribution in [-0.2, 0) is 9.53 Å². The smallest absolute Gasteiger partial charge is 0.319 e. The number of nitrogens with one attached hydrogen (secondary N) is 3. The molecule has 0 bridgehead atoms. The lowest BCUT2D eigenvalue weighted by atomic mass is 10.2. The minimum atomic E-state index is -0.465. The number of anilines is 2. The van der Waals surface area contributed by atoms with Gasteiger partial charge in [0.25, 0.3) is 5.91 Å². The molecule has 9 nitrogen and oxygen atoms in total. The summed E-state index contributed by atoms with van der Waals surface area (Å²) in [5.74, 6) is -0.186. The Balaban J connectivity index is 1.69. The number of thiazole rings is 1. The van der Waals surface area contributed by atoms with Crippen molar-refractivity contribution in [2.45, 2.75) is 13.3 Å². The van der Waals surface area contributed by atoms with E-state index in [4.69, 9.17) is 9.47 Å². The molecular weight excluding hydrogens is 420 g/mol. The predicted octanol–water partition coefficient (Wildman–Crippen LogP) is 3.63. The van der Waals surface area contributed by atoms with Gasteiger partial charge in [-0.1, -0.05) is 29.5 Å². The number of carbonyl (C=O) groups excluding carboxylic acids is 3. The van der Waals surface area contributed by atoms with Gasteiger partial charge in [-0.2, -0.15) is 0 Å². The fourth-order valence-electron chi connectivity index (χ4n) is 2.73. The van der Waals surface area contributed by atoms with Crippen molar-refractivity contribution in [3.05, 3.63) is 48.0 Å². The largest absolute Gasteiger partial charge is 0.494 e. The molecule has 0 radical (unpaired) electrons. The molecule has 0 aliphatic rings. The minimum Gasteiger partial charge on any atom is -0.494 e. The number of rotatable bonds is 8. The maximum atomic E-state index is 12.4. The van der Waals surface area contributed by atoms with Gasteiger partial charge in [0.15, 0.2) is 5.13 Å². The maximum Gasteiger partial charge on any atom is 0.319 e. The summed E-state index contributed by atoms with van der Waals surface area (Å²) < 4.78 is 10.9. The van der Waals surface area contributed by atoms with Crippen LogP contribution >= 0.6 is 11.3 Å². The quantitative estimate of drug-likeness (QED) is 0.459. The molecule has 0 aliphatic carbocycles. The van der Waals surface area contributed by atoms with E-state index >= 15 is 0 Å². The van der Waals surface area contributed by atoms with Gasteiger partial charge in [0, 0.05) is 23.9 Å². The first-order valence-electron chi connectivity index (χ1n) is 9.55. The van der Waals surface area contributed by atoms with Crippen LogP contribution in [0.3, 0.4) is 0 Å². The zero-order valence-corrected chi connectivity index (χ0v) is 17.9. The normalized spacial score (nSPS) is 10.4. The number of methoxy groups -OCH3 is 1. The third-order valence-electron chi connectivity index (χ3n) is 4.11. The molecule has 0 aliphatic heterocycles. The van der Waals surface area contributed by atoms with Crippen LogP contribution in [-0.4, -0.2) is 43.2 Å². The highest BCUT2D eigenvalue weighted by molar-refractivity contribution is 7.22. The Hall–Kier alpha value is -3.66. The number of esters is 1. The Morgan fingerprint density at radius 2 is 1.87 bits per heavy atom. The van der Waals surface area contributed by atoms with Crippen molar-refractivity contribution in [2.75, 3.05) is 30.9 Å². The number of fused-ring (bicyclic) bond motifs is 1.